The van der Waals surface area contributed by atoms with Crippen molar-refractivity contribution in [3.8, 4) is 0 Å². The van der Waals surface area contributed by atoms with E-state index in [1.54, 1.807) is 13.8 Å². The fourth-order valence-electron chi connectivity index (χ4n) is 1.39. The third kappa shape index (κ3) is 9.59. The van der Waals surface area contributed by atoms with Crippen molar-refractivity contribution < 1.29 is 23.9 Å². The van der Waals surface area contributed by atoms with Gasteiger partial charge in [-0.1, -0.05) is 20.8 Å². The highest BCUT2D eigenvalue weighted by Gasteiger charge is 2.22. The van der Waals surface area contributed by atoms with Gasteiger partial charge in [-0.05, 0) is 19.3 Å². The van der Waals surface area contributed by atoms with E-state index < -0.39 is 24.3 Å². The van der Waals surface area contributed by atoms with Crippen molar-refractivity contribution in [3.63, 3.8) is 0 Å². The zero-order valence-electron chi connectivity index (χ0n) is 13.3. The van der Waals surface area contributed by atoms with Gasteiger partial charge in [0.05, 0.1) is 13.2 Å². The number of nitrogens with one attached hydrogen (secondary N) is 1. The predicted octanol–water partition coefficient (Wildman–Crippen LogP) is 1.41. The molecule has 0 aliphatic heterocycles. The summed E-state index contributed by atoms with van der Waals surface area (Å²) < 4.78 is 9.54. The van der Waals surface area contributed by atoms with E-state index in [9.17, 15) is 14.4 Å². The Kier molecular flexibility index (Phi) is 8.26. The SMILES string of the molecule is CCOC(=O)CC(=O)N/N=C(/CC(C)(C)C)C(=O)OCC. The van der Waals surface area contributed by atoms with Crippen molar-refractivity contribution in [3.05, 3.63) is 0 Å². The lowest BCUT2D eigenvalue weighted by atomic mass is 9.89. The van der Waals surface area contributed by atoms with E-state index in [0.29, 0.717) is 6.42 Å². The number of carbonyl (C=O) groups is 3. The van der Waals surface area contributed by atoms with Crippen LogP contribution >= 0.6 is 0 Å². The van der Waals surface area contributed by atoms with Gasteiger partial charge in [0.2, 0.25) is 0 Å². The second kappa shape index (κ2) is 9.10. The minimum Gasteiger partial charge on any atom is -0.466 e. The molecule has 7 heteroatoms. The summed E-state index contributed by atoms with van der Waals surface area (Å²) in [6.07, 6.45) is -0.103. The molecule has 0 aromatic heterocycles. The maximum Gasteiger partial charge on any atom is 0.354 e. The number of hydrogen-bond acceptors (Lipinski definition) is 6. The molecule has 0 rings (SSSR count). The van der Waals surface area contributed by atoms with E-state index in [0.717, 1.165) is 0 Å². The topological polar surface area (TPSA) is 94.1 Å². The molecule has 0 heterocycles. The van der Waals surface area contributed by atoms with Crippen LogP contribution in [0.1, 0.15) is 47.5 Å². The fraction of sp³-hybridized carbons (Fsp3) is 0.714. The third-order valence-electron chi connectivity index (χ3n) is 2.13. The number of ether oxygens (including phenoxy) is 2. The molecule has 0 aromatic carbocycles. The Morgan fingerprint density at radius 2 is 1.62 bits per heavy atom. The largest absolute Gasteiger partial charge is 0.466 e. The lowest BCUT2D eigenvalue weighted by Crippen LogP contribution is -2.29. The number of hydrogen-bond donors (Lipinski definition) is 1. The quantitative estimate of drug-likeness (QED) is 0.332. The molecule has 0 aliphatic rings. The van der Waals surface area contributed by atoms with Crippen molar-refractivity contribution >= 4 is 23.6 Å². The second-order valence-corrected chi connectivity index (χ2v) is 5.53. The molecule has 0 fully saturated rings. The van der Waals surface area contributed by atoms with Crippen molar-refractivity contribution in [2.24, 2.45) is 10.5 Å². The number of esters is 2. The molecule has 0 aromatic rings. The average molecular weight is 300 g/mol. The number of amides is 1. The standard InChI is InChI=1S/C14H24N2O5/c1-6-20-12(18)8-11(17)16-15-10(9-14(3,4)5)13(19)21-7-2/h6-9H2,1-5H3,(H,16,17)/b15-10-. The molecule has 1 N–H and O–H groups in total. The van der Waals surface area contributed by atoms with Crippen LogP contribution < -0.4 is 5.43 Å². The molecule has 0 radical (unpaired) electrons. The summed E-state index contributed by atoms with van der Waals surface area (Å²) in [5, 5.41) is 3.78. The Hall–Kier alpha value is -1.92. The predicted molar refractivity (Wildman–Crippen MR) is 77.5 cm³/mol. The van der Waals surface area contributed by atoms with Crippen LogP contribution in [0, 0.1) is 5.41 Å². The molecule has 7 nitrogen and oxygen atoms in total. The molecule has 0 saturated carbocycles. The Morgan fingerprint density at radius 1 is 1.05 bits per heavy atom. The van der Waals surface area contributed by atoms with Gasteiger partial charge in [-0.15, -0.1) is 0 Å². The highest BCUT2D eigenvalue weighted by Crippen LogP contribution is 2.19. The molecule has 0 bridgehead atoms. The first-order valence-electron chi connectivity index (χ1n) is 6.87. The van der Waals surface area contributed by atoms with Gasteiger partial charge in [-0.3, -0.25) is 9.59 Å². The molecule has 120 valence electrons. The van der Waals surface area contributed by atoms with E-state index in [2.05, 4.69) is 15.3 Å². The molecule has 0 unspecified atom stereocenters. The van der Waals surface area contributed by atoms with E-state index in [1.807, 2.05) is 20.8 Å². The third-order valence-corrected chi connectivity index (χ3v) is 2.13. The maximum atomic E-state index is 11.8. The van der Waals surface area contributed by atoms with Gasteiger partial charge >= 0.3 is 11.9 Å². The Bertz CT molecular complexity index is 410. The van der Waals surface area contributed by atoms with Crippen molar-refractivity contribution in [2.75, 3.05) is 13.2 Å². The summed E-state index contributed by atoms with van der Waals surface area (Å²) in [6, 6.07) is 0. The van der Waals surface area contributed by atoms with Gasteiger partial charge in [0.1, 0.15) is 12.1 Å². The van der Waals surface area contributed by atoms with Crippen LogP contribution in [0.15, 0.2) is 5.10 Å². The Balaban J connectivity index is 4.72. The van der Waals surface area contributed by atoms with Crippen molar-refractivity contribution in [2.45, 2.75) is 47.5 Å². The summed E-state index contributed by atoms with van der Waals surface area (Å²) >= 11 is 0. The van der Waals surface area contributed by atoms with E-state index in [-0.39, 0.29) is 24.3 Å². The average Bonchev–Trinajstić information content (AvgIpc) is 2.33. The first kappa shape index (κ1) is 19.1. The molecule has 1 amide bonds. The van der Waals surface area contributed by atoms with Crippen LogP contribution in [0.5, 0.6) is 0 Å². The smallest absolute Gasteiger partial charge is 0.354 e. The minimum atomic E-state index is -0.640. The van der Waals surface area contributed by atoms with E-state index in [1.165, 1.54) is 0 Å². The van der Waals surface area contributed by atoms with Crippen molar-refractivity contribution in [1.82, 2.24) is 5.43 Å². The van der Waals surface area contributed by atoms with E-state index in [4.69, 9.17) is 4.74 Å². The van der Waals surface area contributed by atoms with Gasteiger partial charge in [-0.25, -0.2) is 10.2 Å². The Morgan fingerprint density at radius 3 is 2.10 bits per heavy atom. The van der Waals surface area contributed by atoms with Crippen molar-refractivity contribution in [1.29, 1.82) is 0 Å². The van der Waals surface area contributed by atoms with Crippen LogP contribution in [0.4, 0.5) is 0 Å². The normalized spacial score (nSPS) is 11.8. The lowest BCUT2D eigenvalue weighted by molar-refractivity contribution is -0.146. The van der Waals surface area contributed by atoms with Gasteiger partial charge in [0.15, 0.2) is 0 Å². The number of rotatable bonds is 7. The molecular formula is C14H24N2O5. The molecule has 21 heavy (non-hydrogen) atoms. The fourth-order valence-corrected chi connectivity index (χ4v) is 1.39. The molecule has 0 spiro atoms. The van der Waals surface area contributed by atoms with Crippen LogP contribution in [-0.2, 0) is 23.9 Å². The van der Waals surface area contributed by atoms with E-state index >= 15 is 0 Å². The highest BCUT2D eigenvalue weighted by molar-refractivity contribution is 6.36. The minimum absolute atomic E-state index is 0.113. The zero-order valence-corrected chi connectivity index (χ0v) is 13.3. The molecule has 0 aliphatic carbocycles. The van der Waals surface area contributed by atoms with Gasteiger partial charge < -0.3 is 9.47 Å². The van der Waals surface area contributed by atoms with Crippen LogP contribution in [0.2, 0.25) is 0 Å². The molecule has 0 saturated heterocycles. The van der Waals surface area contributed by atoms with Gasteiger partial charge in [0.25, 0.3) is 5.91 Å². The number of hydrazone groups is 1. The summed E-state index contributed by atoms with van der Waals surface area (Å²) in [6.45, 7) is 9.56. The van der Waals surface area contributed by atoms with Gasteiger partial charge in [0, 0.05) is 6.42 Å². The lowest BCUT2D eigenvalue weighted by Gasteiger charge is -2.18. The summed E-state index contributed by atoms with van der Waals surface area (Å²) in [5.41, 5.74) is 2.10. The zero-order chi connectivity index (χ0) is 16.5. The number of carbonyl (C=O) groups excluding carboxylic acids is 3. The maximum absolute atomic E-state index is 11.8. The number of nitrogens with zero attached hydrogens (tertiary/aromatic N) is 1. The first-order valence-corrected chi connectivity index (χ1v) is 6.87. The summed E-state index contributed by atoms with van der Waals surface area (Å²) in [5.74, 6) is -1.85. The second-order valence-electron chi connectivity index (χ2n) is 5.53. The summed E-state index contributed by atoms with van der Waals surface area (Å²) in [4.78, 5) is 34.4. The van der Waals surface area contributed by atoms with Gasteiger partial charge in [-0.2, -0.15) is 5.10 Å². The van der Waals surface area contributed by atoms with Crippen LogP contribution in [0.25, 0.3) is 0 Å². The van der Waals surface area contributed by atoms with Crippen LogP contribution in [0.3, 0.4) is 0 Å². The van der Waals surface area contributed by atoms with Crippen LogP contribution in [-0.4, -0.2) is 36.8 Å². The monoisotopic (exact) mass is 300 g/mol. The first-order chi connectivity index (χ1) is 9.69. The molecule has 0 atom stereocenters. The summed E-state index contributed by atoms with van der Waals surface area (Å²) in [7, 11) is 0. The molecular weight excluding hydrogens is 276 g/mol. The highest BCUT2D eigenvalue weighted by atomic mass is 16.5. The Labute approximate surface area is 125 Å².